The van der Waals surface area contributed by atoms with Crippen molar-refractivity contribution in [3.63, 3.8) is 0 Å². The van der Waals surface area contributed by atoms with Crippen molar-refractivity contribution >= 4 is 17.3 Å². The Morgan fingerprint density at radius 1 is 1.43 bits per heavy atom. The van der Waals surface area contributed by atoms with Crippen LogP contribution in [0.15, 0.2) is 18.2 Å². The van der Waals surface area contributed by atoms with E-state index in [-0.39, 0.29) is 5.60 Å². The molecule has 1 heterocycles. The van der Waals surface area contributed by atoms with E-state index in [0.717, 1.165) is 43.2 Å². The van der Waals surface area contributed by atoms with Crippen LogP contribution in [0.2, 0.25) is 5.02 Å². The molecule has 118 valence electrons. The molecule has 1 fully saturated rings. The first-order valence-corrected chi connectivity index (χ1v) is 8.13. The highest BCUT2D eigenvalue weighted by Crippen LogP contribution is 2.33. The van der Waals surface area contributed by atoms with E-state index in [1.54, 1.807) is 7.11 Å². The fourth-order valence-corrected chi connectivity index (χ4v) is 3.14. The molecule has 0 aliphatic carbocycles. The number of methoxy groups -OCH3 is 1. The molecule has 0 bridgehead atoms. The maximum atomic E-state index is 6.50. The second kappa shape index (κ2) is 6.99. The number of halogens is 1. The summed E-state index contributed by atoms with van der Waals surface area (Å²) in [4.78, 5) is 2.34. The van der Waals surface area contributed by atoms with E-state index in [0.29, 0.717) is 6.04 Å². The first-order chi connectivity index (χ1) is 9.93. The molecule has 1 unspecified atom stereocenters. The zero-order valence-corrected chi connectivity index (χ0v) is 14.3. The molecule has 0 spiro atoms. The van der Waals surface area contributed by atoms with Crippen LogP contribution in [0.4, 0.5) is 5.69 Å². The van der Waals surface area contributed by atoms with E-state index < -0.39 is 0 Å². The van der Waals surface area contributed by atoms with E-state index >= 15 is 0 Å². The summed E-state index contributed by atoms with van der Waals surface area (Å²) in [5.41, 5.74) is 2.27. The van der Waals surface area contributed by atoms with Gasteiger partial charge in [-0.25, -0.2) is 0 Å². The van der Waals surface area contributed by atoms with Crippen LogP contribution in [0.1, 0.15) is 39.2 Å². The fourth-order valence-electron chi connectivity index (χ4n) is 2.82. The van der Waals surface area contributed by atoms with Crippen molar-refractivity contribution in [3.8, 4) is 0 Å². The molecule has 1 atom stereocenters. The highest BCUT2D eigenvalue weighted by atomic mass is 35.5. The number of hydrogen-bond acceptors (Lipinski definition) is 3. The van der Waals surface area contributed by atoms with Crippen LogP contribution in [-0.4, -0.2) is 31.8 Å². The van der Waals surface area contributed by atoms with E-state index in [1.165, 1.54) is 5.56 Å². The van der Waals surface area contributed by atoms with Gasteiger partial charge in [0, 0.05) is 32.8 Å². The molecule has 21 heavy (non-hydrogen) atoms. The minimum Gasteiger partial charge on any atom is -0.377 e. The van der Waals surface area contributed by atoms with Crippen LogP contribution in [-0.2, 0) is 11.3 Å². The average molecular weight is 311 g/mol. The van der Waals surface area contributed by atoms with Gasteiger partial charge < -0.3 is 15.0 Å². The van der Waals surface area contributed by atoms with Crippen molar-refractivity contribution in [2.75, 3.05) is 25.1 Å². The van der Waals surface area contributed by atoms with Gasteiger partial charge in [0.25, 0.3) is 0 Å². The van der Waals surface area contributed by atoms with Crippen LogP contribution in [0.25, 0.3) is 0 Å². The van der Waals surface area contributed by atoms with Crippen molar-refractivity contribution in [1.82, 2.24) is 5.32 Å². The molecule has 4 heteroatoms. The molecule has 1 aromatic rings. The lowest BCUT2D eigenvalue weighted by atomic mass is 9.94. The summed E-state index contributed by atoms with van der Waals surface area (Å²) in [6.07, 6.45) is 2.24. The summed E-state index contributed by atoms with van der Waals surface area (Å²) in [6.45, 7) is 9.26. The monoisotopic (exact) mass is 310 g/mol. The van der Waals surface area contributed by atoms with Gasteiger partial charge in [-0.3, -0.25) is 0 Å². The minimum atomic E-state index is -0.0700. The fraction of sp³-hybridized carbons (Fsp3) is 0.647. The molecule has 0 saturated carbocycles. The van der Waals surface area contributed by atoms with Gasteiger partial charge in [-0.15, -0.1) is 0 Å². The third kappa shape index (κ3) is 4.35. The third-order valence-corrected chi connectivity index (χ3v) is 4.52. The number of nitrogens with one attached hydrogen (secondary N) is 1. The number of rotatable bonds is 5. The molecule has 0 aromatic heterocycles. The molecule has 0 radical (unpaired) electrons. The Morgan fingerprint density at radius 2 is 2.19 bits per heavy atom. The molecule has 1 N–H and O–H groups in total. The Kier molecular flexibility index (Phi) is 5.53. The van der Waals surface area contributed by atoms with Gasteiger partial charge in [-0.2, -0.15) is 0 Å². The van der Waals surface area contributed by atoms with Gasteiger partial charge >= 0.3 is 0 Å². The SMILES string of the molecule is COC1(C)CCCN(c2ccc(CNC(C)C)cc2Cl)C1. The molecular weight excluding hydrogens is 284 g/mol. The highest BCUT2D eigenvalue weighted by molar-refractivity contribution is 6.33. The summed E-state index contributed by atoms with van der Waals surface area (Å²) >= 11 is 6.50. The largest absolute Gasteiger partial charge is 0.377 e. The van der Waals surface area contributed by atoms with Gasteiger partial charge in [0.2, 0.25) is 0 Å². The predicted octanol–water partition coefficient (Wildman–Crippen LogP) is 3.84. The van der Waals surface area contributed by atoms with Crippen molar-refractivity contribution in [3.05, 3.63) is 28.8 Å². The standard InChI is InChI=1S/C17H27ClN2O/c1-13(2)19-11-14-6-7-16(15(18)10-14)20-9-5-8-17(3,12-20)21-4/h6-7,10,13,19H,5,8-9,11-12H2,1-4H3. The van der Waals surface area contributed by atoms with Gasteiger partial charge in [0.05, 0.1) is 16.3 Å². The van der Waals surface area contributed by atoms with Crippen molar-refractivity contribution in [2.24, 2.45) is 0 Å². The summed E-state index contributed by atoms with van der Waals surface area (Å²) in [5.74, 6) is 0. The van der Waals surface area contributed by atoms with Gasteiger partial charge in [-0.1, -0.05) is 31.5 Å². The number of anilines is 1. The lowest BCUT2D eigenvalue weighted by molar-refractivity contribution is -0.00464. The number of nitrogens with zero attached hydrogens (tertiary/aromatic N) is 1. The smallest absolute Gasteiger partial charge is 0.0825 e. The van der Waals surface area contributed by atoms with E-state index in [1.807, 2.05) is 0 Å². The van der Waals surface area contributed by atoms with Gasteiger partial charge in [-0.05, 0) is 37.5 Å². The first kappa shape index (κ1) is 16.6. The van der Waals surface area contributed by atoms with E-state index in [9.17, 15) is 0 Å². The minimum absolute atomic E-state index is 0.0700. The average Bonchev–Trinajstić information content (AvgIpc) is 2.45. The second-order valence-electron chi connectivity index (χ2n) is 6.50. The topological polar surface area (TPSA) is 24.5 Å². The lowest BCUT2D eigenvalue weighted by Gasteiger charge is -2.41. The molecule has 3 nitrogen and oxygen atoms in total. The number of piperidine rings is 1. The molecule has 1 saturated heterocycles. The Hall–Kier alpha value is -0.770. The Bertz CT molecular complexity index is 478. The zero-order valence-electron chi connectivity index (χ0n) is 13.6. The van der Waals surface area contributed by atoms with E-state index in [2.05, 4.69) is 49.2 Å². The van der Waals surface area contributed by atoms with Crippen molar-refractivity contribution in [2.45, 2.75) is 51.8 Å². The molecule has 2 rings (SSSR count). The van der Waals surface area contributed by atoms with Crippen LogP contribution in [0.3, 0.4) is 0 Å². The maximum absolute atomic E-state index is 6.50. The number of hydrogen-bond donors (Lipinski definition) is 1. The molecule has 1 aliphatic heterocycles. The molecule has 1 aromatic carbocycles. The molecule has 0 amide bonds. The van der Waals surface area contributed by atoms with Crippen molar-refractivity contribution < 1.29 is 4.74 Å². The Labute approximate surface area is 133 Å². The quantitative estimate of drug-likeness (QED) is 0.894. The lowest BCUT2D eigenvalue weighted by Crippen LogP contribution is -2.47. The van der Waals surface area contributed by atoms with Gasteiger partial charge in [0.15, 0.2) is 0 Å². The second-order valence-corrected chi connectivity index (χ2v) is 6.91. The number of ether oxygens (including phenoxy) is 1. The highest BCUT2D eigenvalue weighted by Gasteiger charge is 2.31. The number of benzene rings is 1. The van der Waals surface area contributed by atoms with Crippen LogP contribution in [0.5, 0.6) is 0 Å². The first-order valence-electron chi connectivity index (χ1n) is 7.75. The molecular formula is C17H27ClN2O. The summed E-state index contributed by atoms with van der Waals surface area (Å²) in [6, 6.07) is 6.86. The predicted molar refractivity (Wildman–Crippen MR) is 90.3 cm³/mol. The zero-order chi connectivity index (χ0) is 15.5. The van der Waals surface area contributed by atoms with Crippen LogP contribution < -0.4 is 10.2 Å². The third-order valence-electron chi connectivity index (χ3n) is 4.22. The summed E-state index contributed by atoms with van der Waals surface area (Å²) in [7, 11) is 1.80. The summed E-state index contributed by atoms with van der Waals surface area (Å²) < 4.78 is 5.66. The van der Waals surface area contributed by atoms with E-state index in [4.69, 9.17) is 16.3 Å². The molecule has 1 aliphatic rings. The van der Waals surface area contributed by atoms with Crippen LogP contribution >= 0.6 is 11.6 Å². The Morgan fingerprint density at radius 3 is 2.81 bits per heavy atom. The van der Waals surface area contributed by atoms with Crippen molar-refractivity contribution in [1.29, 1.82) is 0 Å². The Balaban J connectivity index is 2.10. The van der Waals surface area contributed by atoms with Crippen LogP contribution in [0, 0.1) is 0 Å². The maximum Gasteiger partial charge on any atom is 0.0825 e. The van der Waals surface area contributed by atoms with Gasteiger partial charge in [0.1, 0.15) is 0 Å². The summed E-state index contributed by atoms with van der Waals surface area (Å²) in [5, 5.41) is 4.25. The normalized spacial score (nSPS) is 22.9.